The van der Waals surface area contributed by atoms with Gasteiger partial charge in [-0.15, -0.1) is 11.3 Å². The van der Waals surface area contributed by atoms with E-state index in [1.165, 1.54) is 31.5 Å². The number of anilines is 1. The molecule has 0 saturated heterocycles. The number of benzene rings is 1. The standard InChI is InChI=1S/C16H15NOS2/c1-9-5-6-12-14(7-9)19-16-11(8-17-12)10-3-2-4-13(18)15(10)20-16/h5-7,17H,2-4,8H2,1H3. The molecule has 4 heteroatoms. The van der Waals surface area contributed by atoms with Gasteiger partial charge in [0.25, 0.3) is 0 Å². The molecule has 2 aliphatic rings. The van der Waals surface area contributed by atoms with Crippen molar-refractivity contribution in [2.24, 2.45) is 0 Å². The molecule has 0 radical (unpaired) electrons. The predicted octanol–water partition coefficient (Wildman–Crippen LogP) is 4.65. The molecule has 1 aromatic carbocycles. The zero-order valence-electron chi connectivity index (χ0n) is 11.3. The SMILES string of the molecule is Cc1ccc2c(c1)Sc1sc3c(c1CN2)CCCC3=O. The minimum atomic E-state index is 0.342. The van der Waals surface area contributed by atoms with Crippen LogP contribution in [0.2, 0.25) is 0 Å². The fourth-order valence-electron chi connectivity index (χ4n) is 2.91. The van der Waals surface area contributed by atoms with Crippen molar-refractivity contribution in [2.45, 2.75) is 41.8 Å². The van der Waals surface area contributed by atoms with E-state index in [-0.39, 0.29) is 0 Å². The summed E-state index contributed by atoms with van der Waals surface area (Å²) in [5.41, 5.74) is 5.15. The lowest BCUT2D eigenvalue weighted by Gasteiger charge is -2.12. The number of rotatable bonds is 0. The molecule has 2 heterocycles. The molecular weight excluding hydrogens is 286 g/mol. The van der Waals surface area contributed by atoms with Crippen LogP contribution in [-0.2, 0) is 13.0 Å². The van der Waals surface area contributed by atoms with Crippen molar-refractivity contribution < 1.29 is 4.79 Å². The van der Waals surface area contributed by atoms with Gasteiger partial charge < -0.3 is 5.32 Å². The van der Waals surface area contributed by atoms with E-state index in [4.69, 9.17) is 0 Å². The van der Waals surface area contributed by atoms with Gasteiger partial charge in [-0.25, -0.2) is 0 Å². The van der Waals surface area contributed by atoms with Crippen LogP contribution in [0, 0.1) is 6.92 Å². The van der Waals surface area contributed by atoms with E-state index in [1.54, 1.807) is 11.3 Å². The predicted molar refractivity (Wildman–Crippen MR) is 84.2 cm³/mol. The van der Waals surface area contributed by atoms with Gasteiger partial charge in [0.1, 0.15) is 0 Å². The Kier molecular flexibility index (Phi) is 2.89. The molecule has 20 heavy (non-hydrogen) atoms. The lowest BCUT2D eigenvalue weighted by Crippen LogP contribution is -2.10. The summed E-state index contributed by atoms with van der Waals surface area (Å²) in [4.78, 5) is 14.4. The second-order valence-electron chi connectivity index (χ2n) is 5.41. The summed E-state index contributed by atoms with van der Waals surface area (Å²) in [5, 5.41) is 3.53. The van der Waals surface area contributed by atoms with Crippen molar-refractivity contribution in [1.29, 1.82) is 0 Å². The van der Waals surface area contributed by atoms with Crippen molar-refractivity contribution in [1.82, 2.24) is 0 Å². The summed E-state index contributed by atoms with van der Waals surface area (Å²) < 4.78 is 1.31. The number of aryl methyl sites for hydroxylation is 1. The van der Waals surface area contributed by atoms with Crippen LogP contribution in [0.25, 0.3) is 0 Å². The van der Waals surface area contributed by atoms with Gasteiger partial charge in [-0.3, -0.25) is 4.79 Å². The van der Waals surface area contributed by atoms with Crippen molar-refractivity contribution in [3.05, 3.63) is 39.8 Å². The number of carbonyl (C=O) groups is 1. The molecule has 2 aromatic rings. The van der Waals surface area contributed by atoms with Crippen LogP contribution in [0.1, 0.15) is 39.2 Å². The zero-order chi connectivity index (χ0) is 13.7. The summed E-state index contributed by atoms with van der Waals surface area (Å²) >= 11 is 3.52. The Balaban J connectivity index is 1.83. The molecule has 102 valence electrons. The van der Waals surface area contributed by atoms with Gasteiger partial charge in [0, 0.05) is 23.5 Å². The van der Waals surface area contributed by atoms with Gasteiger partial charge in [0.05, 0.1) is 9.09 Å². The summed E-state index contributed by atoms with van der Waals surface area (Å²) in [5.74, 6) is 0.342. The molecule has 4 rings (SSSR count). The molecule has 2 nitrogen and oxygen atoms in total. The van der Waals surface area contributed by atoms with Crippen molar-refractivity contribution in [2.75, 3.05) is 5.32 Å². The molecule has 1 aliphatic heterocycles. The van der Waals surface area contributed by atoms with Crippen LogP contribution in [0.3, 0.4) is 0 Å². The fraction of sp³-hybridized carbons (Fsp3) is 0.312. The summed E-state index contributed by atoms with van der Waals surface area (Å²) in [7, 11) is 0. The van der Waals surface area contributed by atoms with E-state index in [1.807, 2.05) is 11.8 Å². The van der Waals surface area contributed by atoms with Gasteiger partial charge in [-0.05, 0) is 48.6 Å². The largest absolute Gasteiger partial charge is 0.380 e. The molecule has 0 atom stereocenters. The van der Waals surface area contributed by atoms with Crippen LogP contribution >= 0.6 is 23.1 Å². The lowest BCUT2D eigenvalue weighted by atomic mass is 9.95. The zero-order valence-corrected chi connectivity index (χ0v) is 12.9. The Labute approximate surface area is 126 Å². The highest BCUT2D eigenvalue weighted by Crippen LogP contribution is 2.46. The highest BCUT2D eigenvalue weighted by molar-refractivity contribution is 8.01. The molecule has 1 aliphatic carbocycles. The van der Waals surface area contributed by atoms with Gasteiger partial charge in [-0.1, -0.05) is 17.8 Å². The Bertz CT molecular complexity index is 718. The lowest BCUT2D eigenvalue weighted by molar-refractivity contribution is 0.0977. The number of thiophene rings is 1. The number of fused-ring (bicyclic) bond motifs is 4. The van der Waals surface area contributed by atoms with Crippen molar-refractivity contribution >= 4 is 34.6 Å². The Morgan fingerprint density at radius 1 is 1.20 bits per heavy atom. The summed E-state index contributed by atoms with van der Waals surface area (Å²) in [6, 6.07) is 6.53. The van der Waals surface area contributed by atoms with E-state index < -0.39 is 0 Å². The quantitative estimate of drug-likeness (QED) is 0.768. The van der Waals surface area contributed by atoms with Crippen LogP contribution in [0.15, 0.2) is 27.3 Å². The maximum Gasteiger partial charge on any atom is 0.173 e. The molecule has 0 saturated carbocycles. The average Bonchev–Trinajstić information content (AvgIpc) is 2.68. The number of nitrogens with one attached hydrogen (secondary N) is 1. The Hall–Kier alpha value is -1.26. The van der Waals surface area contributed by atoms with Crippen molar-refractivity contribution in [3.63, 3.8) is 0 Å². The molecule has 1 N–H and O–H groups in total. The van der Waals surface area contributed by atoms with E-state index >= 15 is 0 Å². The third kappa shape index (κ3) is 1.90. The maximum atomic E-state index is 12.1. The van der Waals surface area contributed by atoms with Gasteiger partial charge >= 0.3 is 0 Å². The molecule has 0 amide bonds. The Morgan fingerprint density at radius 2 is 2.10 bits per heavy atom. The maximum absolute atomic E-state index is 12.1. The number of carbonyl (C=O) groups excluding carboxylic acids is 1. The highest BCUT2D eigenvalue weighted by atomic mass is 32.2. The topological polar surface area (TPSA) is 29.1 Å². The van der Waals surface area contributed by atoms with Crippen LogP contribution < -0.4 is 5.32 Å². The van der Waals surface area contributed by atoms with Gasteiger partial charge in [-0.2, -0.15) is 0 Å². The van der Waals surface area contributed by atoms with Crippen LogP contribution in [0.4, 0.5) is 5.69 Å². The fourth-order valence-corrected chi connectivity index (χ4v) is 5.68. The third-order valence-corrected chi connectivity index (χ3v) is 6.56. The van der Waals surface area contributed by atoms with E-state index in [0.29, 0.717) is 5.78 Å². The monoisotopic (exact) mass is 301 g/mol. The normalized spacial score (nSPS) is 16.8. The average molecular weight is 301 g/mol. The minimum Gasteiger partial charge on any atom is -0.380 e. The highest BCUT2D eigenvalue weighted by Gasteiger charge is 2.27. The van der Waals surface area contributed by atoms with Gasteiger partial charge in [0.2, 0.25) is 0 Å². The van der Waals surface area contributed by atoms with Crippen LogP contribution in [-0.4, -0.2) is 5.78 Å². The number of Topliss-reactive ketones (excluding diaryl/α,β-unsaturated/α-hetero) is 1. The van der Waals surface area contributed by atoms with Crippen LogP contribution in [0.5, 0.6) is 0 Å². The molecular formula is C16H15NOS2. The Morgan fingerprint density at radius 3 is 3.00 bits per heavy atom. The summed E-state index contributed by atoms with van der Waals surface area (Å²) in [6.07, 6.45) is 2.79. The van der Waals surface area contributed by atoms with E-state index in [0.717, 1.165) is 30.7 Å². The second kappa shape index (κ2) is 4.64. The first-order valence-electron chi connectivity index (χ1n) is 6.92. The van der Waals surface area contributed by atoms with E-state index in [2.05, 4.69) is 30.4 Å². The first-order valence-corrected chi connectivity index (χ1v) is 8.56. The molecule has 0 spiro atoms. The molecule has 0 fully saturated rings. The van der Waals surface area contributed by atoms with E-state index in [9.17, 15) is 4.79 Å². The number of ketones is 1. The number of hydrogen-bond donors (Lipinski definition) is 1. The second-order valence-corrected chi connectivity index (χ2v) is 7.74. The first-order chi connectivity index (χ1) is 9.72. The minimum absolute atomic E-state index is 0.342. The molecule has 0 unspecified atom stereocenters. The summed E-state index contributed by atoms with van der Waals surface area (Å²) in [6.45, 7) is 2.97. The first kappa shape index (κ1) is 12.5. The van der Waals surface area contributed by atoms with Crippen molar-refractivity contribution in [3.8, 4) is 0 Å². The molecule has 0 bridgehead atoms. The third-order valence-electron chi connectivity index (χ3n) is 3.96. The smallest absolute Gasteiger partial charge is 0.173 e. The van der Waals surface area contributed by atoms with Gasteiger partial charge in [0.15, 0.2) is 5.78 Å². The number of hydrogen-bond acceptors (Lipinski definition) is 4. The molecule has 1 aromatic heterocycles.